The predicted molar refractivity (Wildman–Crippen MR) is 117 cm³/mol. The Morgan fingerprint density at radius 3 is 2.48 bits per heavy atom. The predicted octanol–water partition coefficient (Wildman–Crippen LogP) is 1.56. The van der Waals surface area contributed by atoms with Crippen LogP contribution >= 0.6 is 0 Å². The third-order valence-electron chi connectivity index (χ3n) is 5.11. The number of hydrogen-bond acceptors (Lipinski definition) is 6. The number of aliphatic hydroxyl groups excluding tert-OH is 1. The van der Waals surface area contributed by atoms with Gasteiger partial charge in [0.05, 0.1) is 7.11 Å². The van der Waals surface area contributed by atoms with Crippen molar-refractivity contribution in [2.75, 3.05) is 14.2 Å². The summed E-state index contributed by atoms with van der Waals surface area (Å²) in [6.45, 7) is 1.61. The maximum atomic E-state index is 12.6. The van der Waals surface area contributed by atoms with E-state index in [0.717, 1.165) is 17.7 Å². The van der Waals surface area contributed by atoms with E-state index in [1.165, 1.54) is 7.05 Å². The molecular formula is C24H28N2O5. The van der Waals surface area contributed by atoms with Crippen LogP contribution in [0.2, 0.25) is 0 Å². The van der Waals surface area contributed by atoms with E-state index < -0.39 is 29.8 Å². The molecule has 0 saturated carbocycles. The molecule has 0 saturated heterocycles. The fourth-order valence-corrected chi connectivity index (χ4v) is 3.31. The highest BCUT2D eigenvalue weighted by molar-refractivity contribution is 6.04. The molecule has 1 aromatic carbocycles. The summed E-state index contributed by atoms with van der Waals surface area (Å²) in [5.41, 5.74) is 6.48. The van der Waals surface area contributed by atoms with E-state index in [9.17, 15) is 19.5 Å². The molecular weight excluding hydrogens is 396 g/mol. The molecule has 4 atom stereocenters. The summed E-state index contributed by atoms with van der Waals surface area (Å²) in [4.78, 5) is 36.8. The molecule has 31 heavy (non-hydrogen) atoms. The monoisotopic (exact) mass is 424 g/mol. The minimum atomic E-state index is -1.77. The first-order valence-corrected chi connectivity index (χ1v) is 10.0. The van der Waals surface area contributed by atoms with Crippen LogP contribution in [0.15, 0.2) is 48.3 Å². The van der Waals surface area contributed by atoms with E-state index in [-0.39, 0.29) is 18.1 Å². The number of amides is 1. The molecule has 2 rings (SSSR count). The number of rotatable bonds is 8. The SMILES string of the molecule is CNC(=O)C(C(=O)C(N)O)[C@@H](C)CC(=O)c1ccc(C#CC2C=CC(OC)=CC2)cc1. The van der Waals surface area contributed by atoms with Gasteiger partial charge in [-0.25, -0.2) is 0 Å². The van der Waals surface area contributed by atoms with Gasteiger partial charge >= 0.3 is 0 Å². The molecule has 4 N–H and O–H groups in total. The molecule has 0 heterocycles. The van der Waals surface area contributed by atoms with Crippen molar-refractivity contribution < 1.29 is 24.2 Å². The lowest BCUT2D eigenvalue weighted by atomic mass is 9.84. The molecule has 0 aromatic heterocycles. The largest absolute Gasteiger partial charge is 0.497 e. The number of ketones is 2. The lowest BCUT2D eigenvalue weighted by molar-refractivity contribution is -0.140. The molecule has 0 bridgehead atoms. The molecule has 0 aliphatic heterocycles. The topological polar surface area (TPSA) is 119 Å². The van der Waals surface area contributed by atoms with Crippen LogP contribution in [0.3, 0.4) is 0 Å². The summed E-state index contributed by atoms with van der Waals surface area (Å²) in [5.74, 6) is 3.79. The van der Waals surface area contributed by atoms with E-state index in [1.54, 1.807) is 38.3 Å². The smallest absolute Gasteiger partial charge is 0.230 e. The van der Waals surface area contributed by atoms with Crippen LogP contribution in [0.5, 0.6) is 0 Å². The zero-order valence-electron chi connectivity index (χ0n) is 17.9. The number of carbonyl (C=O) groups excluding carboxylic acids is 3. The number of ether oxygens (including phenoxy) is 1. The van der Waals surface area contributed by atoms with Crippen molar-refractivity contribution in [1.29, 1.82) is 0 Å². The molecule has 0 fully saturated rings. The van der Waals surface area contributed by atoms with Gasteiger partial charge in [-0.1, -0.05) is 37.0 Å². The standard InChI is InChI=1S/C24H28N2O5/c1-15(21(24(30)26-2)22(28)23(25)29)14-20(27)18-10-6-16(7-11-18)4-5-17-8-12-19(31-3)13-9-17/h6-8,10-13,15,17,21,23,29H,9,14,25H2,1-3H3,(H,26,30)/t15-,17?,21?,23?/m0/s1. The Morgan fingerprint density at radius 2 is 1.97 bits per heavy atom. The molecule has 1 aliphatic carbocycles. The third kappa shape index (κ3) is 6.64. The number of Topliss-reactive ketones (excluding diaryl/α,β-unsaturated/α-hetero) is 2. The number of methoxy groups -OCH3 is 1. The number of carbonyl (C=O) groups is 3. The zero-order valence-corrected chi connectivity index (χ0v) is 17.9. The lowest BCUT2D eigenvalue weighted by Crippen LogP contribution is -2.45. The highest BCUT2D eigenvalue weighted by atomic mass is 16.5. The first-order chi connectivity index (χ1) is 14.8. The van der Waals surface area contributed by atoms with Crippen LogP contribution in [0.25, 0.3) is 0 Å². The summed E-state index contributed by atoms with van der Waals surface area (Å²) in [6.07, 6.45) is 4.85. The van der Waals surface area contributed by atoms with E-state index in [1.807, 2.05) is 18.2 Å². The van der Waals surface area contributed by atoms with Gasteiger partial charge in [0, 0.05) is 30.5 Å². The Balaban J connectivity index is 2.03. The summed E-state index contributed by atoms with van der Waals surface area (Å²) >= 11 is 0. The van der Waals surface area contributed by atoms with Gasteiger partial charge in [0.1, 0.15) is 11.7 Å². The van der Waals surface area contributed by atoms with Crippen molar-refractivity contribution in [2.24, 2.45) is 23.5 Å². The molecule has 7 nitrogen and oxygen atoms in total. The highest BCUT2D eigenvalue weighted by Crippen LogP contribution is 2.21. The van der Waals surface area contributed by atoms with Crippen LogP contribution in [-0.4, -0.2) is 43.0 Å². The Morgan fingerprint density at radius 1 is 1.29 bits per heavy atom. The minimum Gasteiger partial charge on any atom is -0.497 e. The normalized spacial score (nSPS) is 18.0. The Hall–Kier alpha value is -3.21. The highest BCUT2D eigenvalue weighted by Gasteiger charge is 2.35. The number of nitrogens with two attached hydrogens (primary N) is 1. The van der Waals surface area contributed by atoms with Gasteiger partial charge in [-0.3, -0.25) is 20.1 Å². The van der Waals surface area contributed by atoms with Crippen molar-refractivity contribution in [2.45, 2.75) is 26.0 Å². The molecule has 0 spiro atoms. The van der Waals surface area contributed by atoms with Gasteiger partial charge in [-0.15, -0.1) is 0 Å². The lowest BCUT2D eigenvalue weighted by Gasteiger charge is -2.22. The maximum absolute atomic E-state index is 12.6. The second-order valence-electron chi connectivity index (χ2n) is 7.40. The van der Waals surface area contributed by atoms with Crippen LogP contribution < -0.4 is 11.1 Å². The zero-order chi connectivity index (χ0) is 23.0. The van der Waals surface area contributed by atoms with E-state index >= 15 is 0 Å². The van der Waals surface area contributed by atoms with Crippen LogP contribution in [0.4, 0.5) is 0 Å². The van der Waals surface area contributed by atoms with Crippen molar-refractivity contribution in [3.05, 3.63) is 59.4 Å². The Labute approximate surface area is 182 Å². The Kier molecular flexibility index (Phi) is 8.74. The first-order valence-electron chi connectivity index (χ1n) is 10.0. The van der Waals surface area contributed by atoms with Gasteiger partial charge < -0.3 is 15.2 Å². The maximum Gasteiger partial charge on any atom is 0.230 e. The number of aliphatic hydroxyl groups is 1. The van der Waals surface area contributed by atoms with Crippen LogP contribution in [-0.2, 0) is 14.3 Å². The fraction of sp³-hybridized carbons (Fsp3) is 0.375. The summed E-state index contributed by atoms with van der Waals surface area (Å²) in [6, 6.07) is 6.87. The van der Waals surface area contributed by atoms with Gasteiger partial charge in [-0.05, 0) is 36.6 Å². The van der Waals surface area contributed by atoms with Crippen molar-refractivity contribution in [3.8, 4) is 11.8 Å². The van der Waals surface area contributed by atoms with Gasteiger partial charge in [0.15, 0.2) is 17.8 Å². The fourth-order valence-electron chi connectivity index (χ4n) is 3.31. The van der Waals surface area contributed by atoms with E-state index in [2.05, 4.69) is 17.2 Å². The number of allylic oxidation sites excluding steroid dienone is 3. The second-order valence-corrected chi connectivity index (χ2v) is 7.40. The molecule has 7 heteroatoms. The van der Waals surface area contributed by atoms with E-state index in [0.29, 0.717) is 5.56 Å². The molecule has 1 aromatic rings. The summed E-state index contributed by atoms with van der Waals surface area (Å²) in [7, 11) is 3.01. The molecule has 3 unspecified atom stereocenters. The second kappa shape index (κ2) is 11.3. The first kappa shape index (κ1) is 24.1. The van der Waals surface area contributed by atoms with E-state index in [4.69, 9.17) is 10.5 Å². The van der Waals surface area contributed by atoms with Crippen molar-refractivity contribution in [3.63, 3.8) is 0 Å². The average Bonchev–Trinajstić information content (AvgIpc) is 2.78. The summed E-state index contributed by atoms with van der Waals surface area (Å²) in [5, 5.41) is 11.8. The van der Waals surface area contributed by atoms with Gasteiger partial charge in [0.2, 0.25) is 5.91 Å². The van der Waals surface area contributed by atoms with Gasteiger partial charge in [-0.2, -0.15) is 0 Å². The molecule has 0 radical (unpaired) electrons. The van der Waals surface area contributed by atoms with Gasteiger partial charge in [0.25, 0.3) is 0 Å². The van der Waals surface area contributed by atoms with Crippen molar-refractivity contribution >= 4 is 17.5 Å². The quantitative estimate of drug-likeness (QED) is 0.252. The molecule has 1 amide bonds. The number of hydrogen-bond donors (Lipinski definition) is 3. The molecule has 1 aliphatic rings. The van der Waals surface area contributed by atoms with Crippen LogP contribution in [0.1, 0.15) is 35.7 Å². The Bertz CT molecular complexity index is 935. The summed E-state index contributed by atoms with van der Waals surface area (Å²) < 4.78 is 5.16. The number of nitrogens with one attached hydrogen (secondary N) is 1. The number of benzene rings is 1. The van der Waals surface area contributed by atoms with Crippen LogP contribution in [0, 0.1) is 29.6 Å². The average molecular weight is 424 g/mol. The molecule has 164 valence electrons. The minimum absolute atomic E-state index is 0.0391. The third-order valence-corrected chi connectivity index (χ3v) is 5.11. The van der Waals surface area contributed by atoms with Crippen molar-refractivity contribution in [1.82, 2.24) is 5.32 Å².